The van der Waals surface area contributed by atoms with Gasteiger partial charge < -0.3 is 14.4 Å². The minimum absolute atomic E-state index is 0.0773. The Morgan fingerprint density at radius 1 is 1.24 bits per heavy atom. The van der Waals surface area contributed by atoms with Crippen molar-refractivity contribution in [1.29, 1.82) is 0 Å². The molecule has 0 aliphatic carbocycles. The van der Waals surface area contributed by atoms with Crippen LogP contribution in [-0.2, 0) is 16.0 Å². The first-order valence-corrected chi connectivity index (χ1v) is 8.53. The number of methoxy groups -OCH3 is 1. The molecule has 3 rings (SSSR count). The Balaban J connectivity index is 1.60. The summed E-state index contributed by atoms with van der Waals surface area (Å²) in [7, 11) is 1.69. The molecule has 0 bridgehead atoms. The Morgan fingerprint density at radius 3 is 2.76 bits per heavy atom. The largest absolute Gasteiger partial charge is 0.490 e. The molecule has 1 amide bonds. The van der Waals surface area contributed by atoms with E-state index in [1.165, 1.54) is 0 Å². The lowest BCUT2D eigenvalue weighted by atomic mass is 10.0. The van der Waals surface area contributed by atoms with Crippen LogP contribution in [0.4, 0.5) is 0 Å². The molecule has 0 radical (unpaired) electrons. The molecule has 1 aromatic heterocycles. The van der Waals surface area contributed by atoms with Crippen molar-refractivity contribution in [2.75, 3.05) is 26.8 Å². The van der Waals surface area contributed by atoms with Crippen LogP contribution in [0.5, 0.6) is 5.75 Å². The van der Waals surface area contributed by atoms with Gasteiger partial charge in [-0.2, -0.15) is 0 Å². The number of aromatic nitrogens is 1. The maximum absolute atomic E-state index is 12.5. The van der Waals surface area contributed by atoms with Gasteiger partial charge in [0.1, 0.15) is 18.0 Å². The fraction of sp³-hybridized carbons (Fsp3) is 0.400. The minimum Gasteiger partial charge on any atom is -0.490 e. The Hall–Kier alpha value is -2.40. The number of amides is 1. The second-order valence-electron chi connectivity index (χ2n) is 6.50. The van der Waals surface area contributed by atoms with Gasteiger partial charge in [-0.3, -0.25) is 9.78 Å². The van der Waals surface area contributed by atoms with Crippen molar-refractivity contribution < 1.29 is 14.3 Å². The number of carbonyl (C=O) groups is 1. The Morgan fingerprint density at radius 2 is 2.04 bits per heavy atom. The van der Waals surface area contributed by atoms with Gasteiger partial charge in [-0.1, -0.05) is 24.3 Å². The van der Waals surface area contributed by atoms with E-state index in [1.807, 2.05) is 54.3 Å². The topological polar surface area (TPSA) is 51.7 Å². The number of hydrogen-bond acceptors (Lipinski definition) is 4. The standard InChI is InChI=1S/C20H24N2O3/c1-16-7-3-4-9-18(16)25-15-20(24-2)10-12-22(14-20)19(23)13-17-8-5-6-11-21-17/h3-9,11H,10,12-15H2,1-2H3/t20-/m1/s1. The summed E-state index contributed by atoms with van der Waals surface area (Å²) in [5.74, 6) is 0.936. The van der Waals surface area contributed by atoms with Crippen LogP contribution < -0.4 is 4.74 Å². The van der Waals surface area contributed by atoms with Gasteiger partial charge in [0.15, 0.2) is 0 Å². The molecule has 0 spiro atoms. The normalized spacial score (nSPS) is 19.8. The van der Waals surface area contributed by atoms with E-state index in [1.54, 1.807) is 13.3 Å². The second-order valence-corrected chi connectivity index (χ2v) is 6.50. The molecule has 2 aromatic rings. The summed E-state index contributed by atoms with van der Waals surface area (Å²) in [6, 6.07) is 13.5. The van der Waals surface area contributed by atoms with Gasteiger partial charge in [0, 0.05) is 25.5 Å². The first-order chi connectivity index (χ1) is 12.1. The number of ether oxygens (including phenoxy) is 2. The first-order valence-electron chi connectivity index (χ1n) is 8.53. The van der Waals surface area contributed by atoms with Gasteiger partial charge in [-0.15, -0.1) is 0 Å². The number of carbonyl (C=O) groups excluding carboxylic acids is 1. The second kappa shape index (κ2) is 7.66. The van der Waals surface area contributed by atoms with Crippen molar-refractivity contribution in [3.05, 3.63) is 59.9 Å². The number of hydrogen-bond donors (Lipinski definition) is 0. The van der Waals surface area contributed by atoms with Gasteiger partial charge in [-0.25, -0.2) is 0 Å². The highest BCUT2D eigenvalue weighted by molar-refractivity contribution is 5.78. The minimum atomic E-state index is -0.456. The van der Waals surface area contributed by atoms with Crippen molar-refractivity contribution in [2.24, 2.45) is 0 Å². The Labute approximate surface area is 148 Å². The fourth-order valence-corrected chi connectivity index (χ4v) is 3.10. The van der Waals surface area contributed by atoms with Crippen LogP contribution in [0.2, 0.25) is 0 Å². The van der Waals surface area contributed by atoms with Crippen molar-refractivity contribution in [1.82, 2.24) is 9.88 Å². The summed E-state index contributed by atoms with van der Waals surface area (Å²) in [5.41, 5.74) is 1.43. The van der Waals surface area contributed by atoms with Crippen molar-refractivity contribution >= 4 is 5.91 Å². The number of para-hydroxylation sites is 1. The molecule has 1 fully saturated rings. The van der Waals surface area contributed by atoms with Crippen LogP contribution in [0, 0.1) is 6.92 Å². The van der Waals surface area contributed by atoms with E-state index in [9.17, 15) is 4.79 Å². The summed E-state index contributed by atoms with van der Waals surface area (Å²) in [5, 5.41) is 0. The molecule has 5 nitrogen and oxygen atoms in total. The molecule has 132 valence electrons. The first kappa shape index (κ1) is 17.4. The van der Waals surface area contributed by atoms with Crippen LogP contribution in [0.1, 0.15) is 17.7 Å². The number of likely N-dealkylation sites (tertiary alicyclic amines) is 1. The van der Waals surface area contributed by atoms with Crippen LogP contribution in [0.15, 0.2) is 48.7 Å². The molecular weight excluding hydrogens is 316 g/mol. The van der Waals surface area contributed by atoms with Crippen molar-refractivity contribution in [2.45, 2.75) is 25.4 Å². The molecule has 1 saturated heterocycles. The molecule has 1 aliphatic heterocycles. The lowest BCUT2D eigenvalue weighted by Gasteiger charge is -2.28. The average Bonchev–Trinajstić information content (AvgIpc) is 3.07. The third kappa shape index (κ3) is 4.17. The van der Waals surface area contributed by atoms with Crippen LogP contribution in [0.25, 0.3) is 0 Å². The highest BCUT2D eigenvalue weighted by Gasteiger charge is 2.41. The molecule has 1 aliphatic rings. The lowest BCUT2D eigenvalue weighted by Crippen LogP contribution is -2.42. The number of aryl methyl sites for hydroxylation is 1. The van der Waals surface area contributed by atoms with Gasteiger partial charge in [0.25, 0.3) is 0 Å². The molecule has 2 heterocycles. The van der Waals surface area contributed by atoms with Crippen LogP contribution >= 0.6 is 0 Å². The van der Waals surface area contributed by atoms with Crippen LogP contribution in [0.3, 0.4) is 0 Å². The molecule has 1 aromatic carbocycles. The summed E-state index contributed by atoms with van der Waals surface area (Å²) in [6.07, 6.45) is 2.80. The molecule has 0 saturated carbocycles. The highest BCUT2D eigenvalue weighted by Crippen LogP contribution is 2.27. The zero-order valence-electron chi connectivity index (χ0n) is 14.8. The quantitative estimate of drug-likeness (QED) is 0.811. The zero-order chi connectivity index (χ0) is 17.7. The smallest absolute Gasteiger partial charge is 0.228 e. The van der Waals surface area contributed by atoms with E-state index in [0.29, 0.717) is 26.1 Å². The van der Waals surface area contributed by atoms with Gasteiger partial charge in [0.2, 0.25) is 5.91 Å². The van der Waals surface area contributed by atoms with Gasteiger partial charge >= 0.3 is 0 Å². The number of pyridine rings is 1. The molecule has 5 heteroatoms. The number of nitrogens with zero attached hydrogens (tertiary/aromatic N) is 2. The van der Waals surface area contributed by atoms with E-state index in [-0.39, 0.29) is 5.91 Å². The highest BCUT2D eigenvalue weighted by atomic mass is 16.5. The third-order valence-corrected chi connectivity index (χ3v) is 4.74. The molecule has 0 unspecified atom stereocenters. The van der Waals surface area contributed by atoms with Crippen molar-refractivity contribution in [3.63, 3.8) is 0 Å². The predicted octanol–water partition coefficient (Wildman–Crippen LogP) is 2.63. The van der Waals surface area contributed by atoms with E-state index in [4.69, 9.17) is 9.47 Å². The maximum Gasteiger partial charge on any atom is 0.228 e. The van der Waals surface area contributed by atoms with E-state index < -0.39 is 5.60 Å². The monoisotopic (exact) mass is 340 g/mol. The lowest BCUT2D eigenvalue weighted by molar-refractivity contribution is -0.131. The van der Waals surface area contributed by atoms with E-state index in [0.717, 1.165) is 23.4 Å². The summed E-state index contributed by atoms with van der Waals surface area (Å²) in [6.45, 7) is 3.67. The molecule has 1 atom stereocenters. The fourth-order valence-electron chi connectivity index (χ4n) is 3.10. The summed E-state index contributed by atoms with van der Waals surface area (Å²) in [4.78, 5) is 18.6. The Bertz CT molecular complexity index is 720. The van der Waals surface area contributed by atoms with Crippen LogP contribution in [-0.4, -0.2) is 48.2 Å². The SMILES string of the molecule is CO[C@]1(COc2ccccc2C)CCN(C(=O)Cc2ccccn2)C1. The van der Waals surface area contributed by atoms with Gasteiger partial charge in [-0.05, 0) is 37.1 Å². The maximum atomic E-state index is 12.5. The van der Waals surface area contributed by atoms with E-state index >= 15 is 0 Å². The molecular formula is C20H24N2O3. The summed E-state index contributed by atoms with van der Waals surface area (Å²) < 4.78 is 11.7. The van der Waals surface area contributed by atoms with Gasteiger partial charge in [0.05, 0.1) is 13.0 Å². The van der Waals surface area contributed by atoms with E-state index in [2.05, 4.69) is 4.98 Å². The van der Waals surface area contributed by atoms with Crippen molar-refractivity contribution in [3.8, 4) is 5.75 Å². The zero-order valence-corrected chi connectivity index (χ0v) is 14.8. The number of rotatable bonds is 6. The predicted molar refractivity (Wildman–Crippen MR) is 95.6 cm³/mol. The average molecular weight is 340 g/mol. The molecule has 0 N–H and O–H groups in total. The summed E-state index contributed by atoms with van der Waals surface area (Å²) >= 11 is 0. The number of benzene rings is 1. The molecule has 25 heavy (non-hydrogen) atoms. The third-order valence-electron chi connectivity index (χ3n) is 4.74. The Kier molecular flexibility index (Phi) is 5.34.